The smallest absolute Gasteiger partial charge is 0.181 e. The number of aryl methyl sites for hydroxylation is 1. The standard InChI is InChI=1S/C15H15NO/c1-10-4-6-13(7-5-10)16-14-8-9-15(17)12(3)11(14)2/h4-9H,1-3H3. The zero-order valence-electron chi connectivity index (χ0n) is 10.3. The van der Waals surface area contributed by atoms with Crippen molar-refractivity contribution in [3.05, 3.63) is 53.1 Å². The van der Waals surface area contributed by atoms with E-state index in [0.29, 0.717) is 0 Å². The van der Waals surface area contributed by atoms with Crippen LogP contribution in [0.4, 0.5) is 5.69 Å². The molecule has 0 aromatic heterocycles. The van der Waals surface area contributed by atoms with Gasteiger partial charge >= 0.3 is 0 Å². The van der Waals surface area contributed by atoms with Gasteiger partial charge in [-0.05, 0) is 50.6 Å². The zero-order valence-corrected chi connectivity index (χ0v) is 10.3. The molecule has 1 aliphatic carbocycles. The molecule has 17 heavy (non-hydrogen) atoms. The van der Waals surface area contributed by atoms with Crippen LogP contribution in [0.5, 0.6) is 0 Å². The Kier molecular flexibility index (Phi) is 3.05. The molecule has 0 spiro atoms. The van der Waals surface area contributed by atoms with Crippen LogP contribution in [0, 0.1) is 6.92 Å². The van der Waals surface area contributed by atoms with Gasteiger partial charge < -0.3 is 0 Å². The van der Waals surface area contributed by atoms with Gasteiger partial charge in [0.25, 0.3) is 0 Å². The lowest BCUT2D eigenvalue weighted by Crippen LogP contribution is -2.10. The van der Waals surface area contributed by atoms with Gasteiger partial charge in [-0.25, -0.2) is 4.99 Å². The molecule has 0 radical (unpaired) electrons. The number of hydrogen-bond acceptors (Lipinski definition) is 2. The molecule has 2 nitrogen and oxygen atoms in total. The summed E-state index contributed by atoms with van der Waals surface area (Å²) in [5.74, 6) is 0.0744. The summed E-state index contributed by atoms with van der Waals surface area (Å²) in [5.41, 5.74) is 4.73. The molecule has 2 rings (SSSR count). The Bertz CT molecular complexity index is 545. The lowest BCUT2D eigenvalue weighted by Gasteiger charge is -2.10. The van der Waals surface area contributed by atoms with Gasteiger partial charge in [-0.3, -0.25) is 4.79 Å². The Morgan fingerprint density at radius 1 is 0.882 bits per heavy atom. The van der Waals surface area contributed by atoms with Gasteiger partial charge in [0.1, 0.15) is 0 Å². The maximum Gasteiger partial charge on any atom is 0.181 e. The second-order valence-corrected chi connectivity index (χ2v) is 4.28. The van der Waals surface area contributed by atoms with Crippen LogP contribution in [0.2, 0.25) is 0 Å². The maximum atomic E-state index is 11.4. The summed E-state index contributed by atoms with van der Waals surface area (Å²) >= 11 is 0. The van der Waals surface area contributed by atoms with Crippen molar-refractivity contribution in [2.24, 2.45) is 4.99 Å². The fourth-order valence-corrected chi connectivity index (χ4v) is 1.66. The van der Waals surface area contributed by atoms with Gasteiger partial charge in [0.2, 0.25) is 0 Å². The normalized spacial score (nSPS) is 18.1. The lowest BCUT2D eigenvalue weighted by molar-refractivity contribution is -0.111. The number of rotatable bonds is 1. The van der Waals surface area contributed by atoms with E-state index in [0.717, 1.165) is 22.5 Å². The molecule has 0 N–H and O–H groups in total. The van der Waals surface area contributed by atoms with Crippen LogP contribution in [0.1, 0.15) is 19.4 Å². The third-order valence-electron chi connectivity index (χ3n) is 2.99. The molecule has 0 amide bonds. The summed E-state index contributed by atoms with van der Waals surface area (Å²) in [6.07, 6.45) is 3.36. The zero-order chi connectivity index (χ0) is 12.4. The number of ketones is 1. The number of benzene rings is 1. The predicted molar refractivity (Wildman–Crippen MR) is 70.8 cm³/mol. The van der Waals surface area contributed by atoms with E-state index in [1.807, 2.05) is 45.0 Å². The molecule has 0 heterocycles. The highest BCUT2D eigenvalue weighted by Gasteiger charge is 2.13. The van der Waals surface area contributed by atoms with E-state index in [4.69, 9.17) is 0 Å². The summed E-state index contributed by atoms with van der Waals surface area (Å²) in [7, 11) is 0. The molecule has 1 aromatic rings. The molecule has 2 heteroatoms. The molecule has 1 aliphatic rings. The van der Waals surface area contributed by atoms with E-state index < -0.39 is 0 Å². The van der Waals surface area contributed by atoms with Gasteiger partial charge in [0.15, 0.2) is 5.78 Å². The molecule has 0 fully saturated rings. The first-order chi connectivity index (χ1) is 8.08. The molecule has 0 atom stereocenters. The lowest BCUT2D eigenvalue weighted by atomic mass is 9.97. The SMILES string of the molecule is CC1=C(C)C(=Nc2ccc(C)cc2)C=CC1=O. The van der Waals surface area contributed by atoms with Crippen molar-refractivity contribution in [1.82, 2.24) is 0 Å². The van der Waals surface area contributed by atoms with Crippen LogP contribution in [0.15, 0.2) is 52.6 Å². The Morgan fingerprint density at radius 2 is 1.53 bits per heavy atom. The van der Waals surface area contributed by atoms with E-state index in [-0.39, 0.29) is 5.78 Å². The van der Waals surface area contributed by atoms with Crippen molar-refractivity contribution in [2.45, 2.75) is 20.8 Å². The van der Waals surface area contributed by atoms with Gasteiger partial charge in [-0.1, -0.05) is 17.7 Å². The first-order valence-electron chi connectivity index (χ1n) is 5.63. The van der Waals surface area contributed by atoms with Crippen LogP contribution in [-0.4, -0.2) is 11.5 Å². The third kappa shape index (κ3) is 2.41. The van der Waals surface area contributed by atoms with E-state index in [9.17, 15) is 4.79 Å². The summed E-state index contributed by atoms with van der Waals surface area (Å²) in [6, 6.07) is 8.02. The highest BCUT2D eigenvalue weighted by molar-refractivity contribution is 6.22. The average Bonchev–Trinajstić information content (AvgIpc) is 2.33. The Balaban J connectivity index is 2.38. The molecule has 0 aliphatic heterocycles. The Morgan fingerprint density at radius 3 is 2.18 bits per heavy atom. The van der Waals surface area contributed by atoms with E-state index in [1.54, 1.807) is 12.2 Å². The van der Waals surface area contributed by atoms with Crippen molar-refractivity contribution in [3.63, 3.8) is 0 Å². The topological polar surface area (TPSA) is 29.4 Å². The summed E-state index contributed by atoms with van der Waals surface area (Å²) in [6.45, 7) is 5.82. The maximum absolute atomic E-state index is 11.4. The largest absolute Gasteiger partial charge is 0.290 e. The van der Waals surface area contributed by atoms with Crippen LogP contribution in [-0.2, 0) is 4.79 Å². The summed E-state index contributed by atoms with van der Waals surface area (Å²) < 4.78 is 0. The minimum Gasteiger partial charge on any atom is -0.290 e. The van der Waals surface area contributed by atoms with Crippen molar-refractivity contribution >= 4 is 17.2 Å². The van der Waals surface area contributed by atoms with Gasteiger partial charge in [-0.15, -0.1) is 0 Å². The minimum atomic E-state index is 0.0744. The monoisotopic (exact) mass is 225 g/mol. The fourth-order valence-electron chi connectivity index (χ4n) is 1.66. The van der Waals surface area contributed by atoms with Crippen molar-refractivity contribution in [2.75, 3.05) is 0 Å². The van der Waals surface area contributed by atoms with Gasteiger partial charge in [0, 0.05) is 5.57 Å². The fraction of sp³-hybridized carbons (Fsp3) is 0.200. The molecule has 0 saturated carbocycles. The second kappa shape index (κ2) is 4.50. The number of allylic oxidation sites excluding steroid dienone is 4. The van der Waals surface area contributed by atoms with Crippen molar-refractivity contribution in [3.8, 4) is 0 Å². The molecule has 0 saturated heterocycles. The first-order valence-corrected chi connectivity index (χ1v) is 5.63. The number of carbonyl (C=O) groups excluding carboxylic acids is 1. The number of nitrogens with zero attached hydrogens (tertiary/aromatic N) is 1. The van der Waals surface area contributed by atoms with Crippen molar-refractivity contribution in [1.29, 1.82) is 0 Å². The van der Waals surface area contributed by atoms with E-state index in [2.05, 4.69) is 4.99 Å². The van der Waals surface area contributed by atoms with Gasteiger partial charge in [-0.2, -0.15) is 0 Å². The molecule has 0 bridgehead atoms. The molecular formula is C15H15NO. The summed E-state index contributed by atoms with van der Waals surface area (Å²) in [5, 5.41) is 0. The van der Waals surface area contributed by atoms with Crippen LogP contribution >= 0.6 is 0 Å². The predicted octanol–water partition coefficient (Wildman–Crippen LogP) is 3.54. The number of carbonyl (C=O) groups is 1. The molecule has 0 unspecified atom stereocenters. The third-order valence-corrected chi connectivity index (χ3v) is 2.99. The number of aliphatic imine (C=N–C) groups is 1. The second-order valence-electron chi connectivity index (χ2n) is 4.28. The molecule has 1 aromatic carbocycles. The van der Waals surface area contributed by atoms with Gasteiger partial charge in [0.05, 0.1) is 11.4 Å². The summed E-state index contributed by atoms with van der Waals surface area (Å²) in [4.78, 5) is 16.0. The van der Waals surface area contributed by atoms with Crippen LogP contribution in [0.25, 0.3) is 0 Å². The van der Waals surface area contributed by atoms with Crippen molar-refractivity contribution < 1.29 is 4.79 Å². The first kappa shape index (κ1) is 11.5. The Hall–Kier alpha value is -1.96. The minimum absolute atomic E-state index is 0.0744. The van der Waals surface area contributed by atoms with E-state index in [1.165, 1.54) is 5.56 Å². The number of hydrogen-bond donors (Lipinski definition) is 0. The quantitative estimate of drug-likeness (QED) is 0.672. The molecule has 86 valence electrons. The average molecular weight is 225 g/mol. The van der Waals surface area contributed by atoms with Crippen LogP contribution < -0.4 is 0 Å². The van der Waals surface area contributed by atoms with E-state index >= 15 is 0 Å². The molecular weight excluding hydrogens is 210 g/mol. The highest BCUT2D eigenvalue weighted by atomic mass is 16.1. The Labute approximate surface area is 101 Å². The highest BCUT2D eigenvalue weighted by Crippen LogP contribution is 2.19. The van der Waals surface area contributed by atoms with Crippen LogP contribution in [0.3, 0.4) is 0 Å².